The van der Waals surface area contributed by atoms with E-state index >= 15 is 0 Å². The van der Waals surface area contributed by atoms with Gasteiger partial charge in [0.1, 0.15) is 5.75 Å². The monoisotopic (exact) mass is 235 g/mol. The van der Waals surface area contributed by atoms with Crippen LogP contribution in [-0.4, -0.2) is 42.4 Å². The maximum absolute atomic E-state index is 9.54. The first-order chi connectivity index (χ1) is 8.34. The Hall–Kier alpha value is -1.06. The lowest BCUT2D eigenvalue weighted by Crippen LogP contribution is -2.39. The summed E-state index contributed by atoms with van der Waals surface area (Å²) in [7, 11) is 0. The minimum Gasteiger partial charge on any atom is -0.494 e. The van der Waals surface area contributed by atoms with Crippen LogP contribution in [0.2, 0.25) is 0 Å². The van der Waals surface area contributed by atoms with E-state index in [-0.39, 0.29) is 6.10 Å². The smallest absolute Gasteiger partial charge is 0.119 e. The number of ether oxygens (including phenoxy) is 1. The third-order valence-corrected chi connectivity index (χ3v) is 3.11. The van der Waals surface area contributed by atoms with Gasteiger partial charge >= 0.3 is 0 Å². The molecule has 1 aromatic rings. The SMILES string of the molecule is OC1CCCN(CCCOc2ccccc2)C1. The first kappa shape index (κ1) is 12.4. The fourth-order valence-electron chi connectivity index (χ4n) is 2.23. The lowest BCUT2D eigenvalue weighted by atomic mass is 10.1. The fraction of sp³-hybridized carbons (Fsp3) is 0.571. The van der Waals surface area contributed by atoms with Crippen LogP contribution in [0.4, 0.5) is 0 Å². The maximum atomic E-state index is 9.54. The topological polar surface area (TPSA) is 32.7 Å². The van der Waals surface area contributed by atoms with Gasteiger partial charge in [0, 0.05) is 13.1 Å². The van der Waals surface area contributed by atoms with Gasteiger partial charge in [0.05, 0.1) is 12.7 Å². The van der Waals surface area contributed by atoms with Gasteiger partial charge in [-0.15, -0.1) is 0 Å². The summed E-state index contributed by atoms with van der Waals surface area (Å²) in [6.07, 6.45) is 2.96. The van der Waals surface area contributed by atoms with Crippen molar-refractivity contribution < 1.29 is 9.84 Å². The van der Waals surface area contributed by atoms with Crippen molar-refractivity contribution in [2.24, 2.45) is 0 Å². The summed E-state index contributed by atoms with van der Waals surface area (Å²) >= 11 is 0. The normalized spacial score (nSPS) is 21.4. The van der Waals surface area contributed by atoms with E-state index in [0.717, 1.165) is 51.3 Å². The molecule has 0 saturated carbocycles. The van der Waals surface area contributed by atoms with Crippen LogP contribution < -0.4 is 4.74 Å². The van der Waals surface area contributed by atoms with Gasteiger partial charge in [-0.2, -0.15) is 0 Å². The molecule has 0 radical (unpaired) electrons. The highest BCUT2D eigenvalue weighted by Crippen LogP contribution is 2.11. The second-order valence-corrected chi connectivity index (χ2v) is 4.61. The van der Waals surface area contributed by atoms with Crippen molar-refractivity contribution in [2.75, 3.05) is 26.2 Å². The summed E-state index contributed by atoms with van der Waals surface area (Å²) in [5.41, 5.74) is 0. The number of hydrogen-bond donors (Lipinski definition) is 1. The van der Waals surface area contributed by atoms with Crippen molar-refractivity contribution in [3.8, 4) is 5.75 Å². The fourth-order valence-corrected chi connectivity index (χ4v) is 2.23. The number of benzene rings is 1. The summed E-state index contributed by atoms with van der Waals surface area (Å²) < 4.78 is 5.63. The Kier molecular flexibility index (Phi) is 4.83. The predicted molar refractivity (Wildman–Crippen MR) is 68.2 cm³/mol. The Balaban J connectivity index is 1.60. The summed E-state index contributed by atoms with van der Waals surface area (Å²) in [5.74, 6) is 0.936. The number of likely N-dealkylation sites (tertiary alicyclic amines) is 1. The summed E-state index contributed by atoms with van der Waals surface area (Å²) in [6, 6.07) is 9.91. The van der Waals surface area contributed by atoms with Crippen LogP contribution in [0.3, 0.4) is 0 Å². The van der Waals surface area contributed by atoms with Crippen LogP contribution in [0.15, 0.2) is 30.3 Å². The average Bonchev–Trinajstić information content (AvgIpc) is 2.36. The van der Waals surface area contributed by atoms with E-state index < -0.39 is 0 Å². The van der Waals surface area contributed by atoms with E-state index in [9.17, 15) is 5.11 Å². The molecule has 1 unspecified atom stereocenters. The molecule has 0 aromatic heterocycles. The molecule has 3 heteroatoms. The molecule has 1 heterocycles. The van der Waals surface area contributed by atoms with Crippen LogP contribution in [0, 0.1) is 0 Å². The molecule has 1 aliphatic heterocycles. The van der Waals surface area contributed by atoms with Crippen molar-refractivity contribution in [3.05, 3.63) is 30.3 Å². The number of para-hydroxylation sites is 1. The van der Waals surface area contributed by atoms with Crippen molar-refractivity contribution in [2.45, 2.75) is 25.4 Å². The number of β-amino-alcohol motifs (C(OH)–C–C–N with tert-alkyl or cyclic N) is 1. The maximum Gasteiger partial charge on any atom is 0.119 e. The van der Waals surface area contributed by atoms with Crippen LogP contribution in [0.1, 0.15) is 19.3 Å². The van der Waals surface area contributed by atoms with Gasteiger partial charge in [0.25, 0.3) is 0 Å². The van der Waals surface area contributed by atoms with E-state index in [2.05, 4.69) is 4.90 Å². The molecule has 3 nitrogen and oxygen atoms in total. The third-order valence-electron chi connectivity index (χ3n) is 3.11. The highest BCUT2D eigenvalue weighted by molar-refractivity contribution is 5.20. The Morgan fingerprint density at radius 1 is 1.29 bits per heavy atom. The number of piperidine rings is 1. The summed E-state index contributed by atoms with van der Waals surface area (Å²) in [5, 5.41) is 9.54. The molecule has 1 fully saturated rings. The number of aliphatic hydroxyl groups is 1. The third kappa shape index (κ3) is 4.36. The number of nitrogens with zero attached hydrogens (tertiary/aromatic N) is 1. The molecule has 1 N–H and O–H groups in total. The first-order valence-electron chi connectivity index (χ1n) is 6.43. The molecule has 1 saturated heterocycles. The molecule has 0 bridgehead atoms. The minimum atomic E-state index is -0.126. The van der Waals surface area contributed by atoms with Crippen LogP contribution >= 0.6 is 0 Å². The lowest BCUT2D eigenvalue weighted by Gasteiger charge is -2.29. The van der Waals surface area contributed by atoms with Crippen molar-refractivity contribution in [1.29, 1.82) is 0 Å². The molecule has 1 aliphatic rings. The number of hydrogen-bond acceptors (Lipinski definition) is 3. The Labute approximate surface area is 103 Å². The molecule has 0 amide bonds. The predicted octanol–water partition coefficient (Wildman–Crippen LogP) is 1.91. The highest BCUT2D eigenvalue weighted by atomic mass is 16.5. The molecule has 1 aromatic carbocycles. The molecule has 17 heavy (non-hydrogen) atoms. The molecular formula is C14H21NO2. The zero-order valence-corrected chi connectivity index (χ0v) is 10.2. The van der Waals surface area contributed by atoms with E-state index in [1.165, 1.54) is 0 Å². The molecule has 2 rings (SSSR count). The summed E-state index contributed by atoms with van der Waals surface area (Å²) in [6.45, 7) is 3.70. The molecule has 1 atom stereocenters. The molecule has 94 valence electrons. The average molecular weight is 235 g/mol. The second kappa shape index (κ2) is 6.62. The second-order valence-electron chi connectivity index (χ2n) is 4.61. The highest BCUT2D eigenvalue weighted by Gasteiger charge is 2.16. The van der Waals surface area contributed by atoms with Gasteiger partial charge in [-0.3, -0.25) is 0 Å². The van der Waals surface area contributed by atoms with Gasteiger partial charge in [-0.1, -0.05) is 18.2 Å². The Morgan fingerprint density at radius 3 is 2.88 bits per heavy atom. The standard InChI is InChI=1S/C14H21NO2/c16-13-6-4-9-15(12-13)10-5-11-17-14-7-2-1-3-8-14/h1-3,7-8,13,16H,4-6,9-12H2. The van der Waals surface area contributed by atoms with E-state index in [1.54, 1.807) is 0 Å². The van der Waals surface area contributed by atoms with Gasteiger partial charge in [0.2, 0.25) is 0 Å². The van der Waals surface area contributed by atoms with E-state index in [4.69, 9.17) is 4.74 Å². The molecule has 0 aliphatic carbocycles. The number of rotatable bonds is 5. The van der Waals surface area contributed by atoms with Crippen molar-refractivity contribution in [1.82, 2.24) is 4.90 Å². The van der Waals surface area contributed by atoms with Crippen LogP contribution in [-0.2, 0) is 0 Å². The Morgan fingerprint density at radius 2 is 2.12 bits per heavy atom. The lowest BCUT2D eigenvalue weighted by molar-refractivity contribution is 0.0679. The Bertz CT molecular complexity index is 315. The first-order valence-corrected chi connectivity index (χ1v) is 6.43. The van der Waals surface area contributed by atoms with Crippen LogP contribution in [0.25, 0.3) is 0 Å². The number of aliphatic hydroxyl groups excluding tert-OH is 1. The minimum absolute atomic E-state index is 0.126. The van der Waals surface area contributed by atoms with E-state index in [1.807, 2.05) is 30.3 Å². The van der Waals surface area contributed by atoms with Gasteiger partial charge < -0.3 is 14.7 Å². The van der Waals surface area contributed by atoms with Crippen molar-refractivity contribution >= 4 is 0 Å². The summed E-state index contributed by atoms with van der Waals surface area (Å²) in [4.78, 5) is 2.32. The van der Waals surface area contributed by atoms with Crippen molar-refractivity contribution in [3.63, 3.8) is 0 Å². The molecule has 0 spiro atoms. The van der Waals surface area contributed by atoms with Gasteiger partial charge in [-0.25, -0.2) is 0 Å². The van der Waals surface area contributed by atoms with E-state index in [0.29, 0.717) is 0 Å². The van der Waals surface area contributed by atoms with Crippen LogP contribution in [0.5, 0.6) is 5.75 Å². The zero-order chi connectivity index (χ0) is 11.9. The molecular weight excluding hydrogens is 214 g/mol. The van der Waals surface area contributed by atoms with Gasteiger partial charge in [0.15, 0.2) is 0 Å². The largest absolute Gasteiger partial charge is 0.494 e. The quantitative estimate of drug-likeness (QED) is 0.791. The van der Waals surface area contributed by atoms with Gasteiger partial charge in [-0.05, 0) is 37.9 Å². The zero-order valence-electron chi connectivity index (χ0n) is 10.2.